The van der Waals surface area contributed by atoms with Crippen molar-refractivity contribution >= 4 is 23.5 Å². The van der Waals surface area contributed by atoms with Crippen LogP contribution in [0.15, 0.2) is 55.0 Å². The van der Waals surface area contributed by atoms with E-state index in [1.807, 2.05) is 37.3 Å². The lowest BCUT2D eigenvalue weighted by atomic mass is 10.1. The number of piperidine rings is 1. The minimum atomic E-state index is -0.184. The molecule has 2 aliphatic carbocycles. The molecule has 4 atom stereocenters. The lowest BCUT2D eigenvalue weighted by Crippen LogP contribution is -2.29. The van der Waals surface area contributed by atoms with E-state index in [1.165, 1.54) is 0 Å². The van der Waals surface area contributed by atoms with E-state index in [9.17, 15) is 9.59 Å². The van der Waals surface area contributed by atoms with Crippen LogP contribution < -0.4 is 30.7 Å². The number of pyridine rings is 2. The van der Waals surface area contributed by atoms with Gasteiger partial charge in [0.15, 0.2) is 0 Å². The third-order valence-electron chi connectivity index (χ3n) is 9.65. The number of benzene rings is 1. The third-order valence-corrected chi connectivity index (χ3v) is 9.65. The Morgan fingerprint density at radius 3 is 2.61 bits per heavy atom. The molecular weight excluding hydrogens is 584 g/mol. The number of nitrogens with zero attached hydrogens (tertiary/aromatic N) is 5. The van der Waals surface area contributed by atoms with Crippen molar-refractivity contribution in [3.63, 3.8) is 0 Å². The number of nitrogens with two attached hydrogens (primary N) is 1. The molecular formula is C34H38N8O4. The molecule has 4 heterocycles. The average molecular weight is 623 g/mol. The molecule has 2 amide bonds. The number of anilines is 2. The Labute approximate surface area is 267 Å². The number of aryl methyl sites for hydroxylation is 1. The fraction of sp³-hybridized carbons (Fsp3) is 0.382. The second-order valence-electron chi connectivity index (χ2n) is 12.3. The van der Waals surface area contributed by atoms with Crippen LogP contribution in [0, 0.1) is 24.7 Å². The number of hydrogen-bond acceptors (Lipinski definition) is 9. The number of methoxy groups -OCH3 is 2. The van der Waals surface area contributed by atoms with Crippen molar-refractivity contribution in [3.8, 4) is 11.5 Å². The van der Waals surface area contributed by atoms with Gasteiger partial charge in [-0.15, -0.1) is 0 Å². The Morgan fingerprint density at radius 2 is 1.87 bits per heavy atom. The molecule has 4 aromatic rings. The summed E-state index contributed by atoms with van der Waals surface area (Å²) >= 11 is 0. The van der Waals surface area contributed by atoms with Gasteiger partial charge < -0.3 is 30.7 Å². The number of primary amides is 1. The number of nitrogens with one attached hydrogen (secondary N) is 2. The molecule has 0 spiro atoms. The van der Waals surface area contributed by atoms with E-state index in [0.29, 0.717) is 30.5 Å². The van der Waals surface area contributed by atoms with Gasteiger partial charge in [0.05, 0.1) is 38.6 Å². The van der Waals surface area contributed by atoms with Gasteiger partial charge in [-0.25, -0.2) is 9.97 Å². The summed E-state index contributed by atoms with van der Waals surface area (Å²) in [5.74, 6) is 3.61. The zero-order chi connectivity index (χ0) is 31.9. The molecule has 2 fully saturated rings. The van der Waals surface area contributed by atoms with Gasteiger partial charge in [-0.1, -0.05) is 6.07 Å². The van der Waals surface area contributed by atoms with Gasteiger partial charge in [-0.2, -0.15) is 5.10 Å². The number of carbonyl (C=O) groups is 2. The highest BCUT2D eigenvalue weighted by Gasteiger charge is 2.58. The molecule has 7 rings (SSSR count). The van der Waals surface area contributed by atoms with E-state index in [1.54, 1.807) is 37.5 Å². The van der Waals surface area contributed by atoms with Gasteiger partial charge in [0.1, 0.15) is 23.1 Å². The monoisotopic (exact) mass is 622 g/mol. The van der Waals surface area contributed by atoms with Crippen LogP contribution in [0.2, 0.25) is 0 Å². The lowest BCUT2D eigenvalue weighted by Gasteiger charge is -2.21. The van der Waals surface area contributed by atoms with Crippen molar-refractivity contribution in [2.24, 2.45) is 23.5 Å². The van der Waals surface area contributed by atoms with Crippen molar-refractivity contribution in [3.05, 3.63) is 88.5 Å². The standard InChI is InChI=1S/C34H38N8O4/c1-19-21(5-9-30(39-19)41-17-26-27(18-41)31(26)32(35)43)15-42-16-22(14-38-42)34(44)40-28-8-7-25-24(28)10-11-36-33(25)37-13-20-4-6-23(45-2)12-29(20)46-3/h4-6,9-12,14,16,26-28,31H,7-8,13,15,17-18H2,1-3H3,(H2,35,43)(H,36,37)(H,40,44)/t26-,27+,28-,31-/m1/s1. The minimum Gasteiger partial charge on any atom is -0.497 e. The van der Waals surface area contributed by atoms with Crippen molar-refractivity contribution < 1.29 is 19.1 Å². The van der Waals surface area contributed by atoms with Crippen LogP contribution in [0.25, 0.3) is 0 Å². The van der Waals surface area contributed by atoms with Crippen molar-refractivity contribution in [1.82, 2.24) is 25.1 Å². The summed E-state index contributed by atoms with van der Waals surface area (Å²) in [6, 6.07) is 11.7. The zero-order valence-corrected chi connectivity index (χ0v) is 26.2. The van der Waals surface area contributed by atoms with E-state index in [-0.39, 0.29) is 23.8 Å². The molecule has 1 saturated carbocycles. The number of fused-ring (bicyclic) bond motifs is 2. The molecule has 0 radical (unpaired) electrons. The Balaban J connectivity index is 0.961. The number of rotatable bonds is 11. The van der Waals surface area contributed by atoms with Crippen molar-refractivity contribution in [1.29, 1.82) is 0 Å². The van der Waals surface area contributed by atoms with Crippen LogP contribution in [0.5, 0.6) is 11.5 Å². The number of ether oxygens (including phenoxy) is 2. The van der Waals surface area contributed by atoms with Crippen molar-refractivity contribution in [2.45, 2.75) is 38.9 Å². The maximum atomic E-state index is 13.3. The molecule has 12 heteroatoms. The van der Waals surface area contributed by atoms with Gasteiger partial charge >= 0.3 is 0 Å². The lowest BCUT2D eigenvalue weighted by molar-refractivity contribution is -0.119. The minimum absolute atomic E-state index is 0.0264. The maximum Gasteiger partial charge on any atom is 0.254 e. The first kappa shape index (κ1) is 29.6. The van der Waals surface area contributed by atoms with Crippen LogP contribution in [0.4, 0.5) is 11.6 Å². The SMILES string of the molecule is COc1ccc(CNc2nccc3c2CC[C@H]3NC(=O)c2cnn(Cc3ccc(N4C[C@@H]5[C@H](C4)[C@@H]5C(N)=O)nc3C)c2)c(OC)c1. The van der Waals surface area contributed by atoms with E-state index < -0.39 is 0 Å². The normalized spacial score (nSPS) is 21.0. The van der Waals surface area contributed by atoms with E-state index in [2.05, 4.69) is 31.7 Å². The average Bonchev–Trinajstić information content (AvgIpc) is 3.45. The molecule has 1 saturated heterocycles. The molecule has 238 valence electrons. The van der Waals surface area contributed by atoms with Crippen LogP contribution in [-0.2, 0) is 24.3 Å². The summed E-state index contributed by atoms with van der Waals surface area (Å²) in [7, 11) is 3.27. The largest absolute Gasteiger partial charge is 0.497 e. The molecule has 1 aliphatic heterocycles. The molecule has 3 aromatic heterocycles. The summed E-state index contributed by atoms with van der Waals surface area (Å²) in [5, 5.41) is 11.1. The van der Waals surface area contributed by atoms with Gasteiger partial charge in [-0.3, -0.25) is 14.3 Å². The van der Waals surface area contributed by atoms with Crippen LogP contribution >= 0.6 is 0 Å². The Bertz CT molecular complexity index is 1790. The number of aromatic nitrogens is 4. The summed E-state index contributed by atoms with van der Waals surface area (Å²) in [4.78, 5) is 36.5. The van der Waals surface area contributed by atoms with Gasteiger partial charge in [-0.05, 0) is 72.6 Å². The van der Waals surface area contributed by atoms with Gasteiger partial charge in [0.25, 0.3) is 5.91 Å². The topological polar surface area (TPSA) is 150 Å². The molecule has 0 bridgehead atoms. The summed E-state index contributed by atoms with van der Waals surface area (Å²) in [5.41, 5.74) is 11.1. The highest BCUT2D eigenvalue weighted by Crippen LogP contribution is 2.52. The van der Waals surface area contributed by atoms with Crippen molar-refractivity contribution in [2.75, 3.05) is 37.5 Å². The summed E-state index contributed by atoms with van der Waals surface area (Å²) < 4.78 is 12.6. The maximum absolute atomic E-state index is 13.3. The second-order valence-corrected chi connectivity index (χ2v) is 12.3. The predicted octanol–water partition coefficient (Wildman–Crippen LogP) is 3.24. The fourth-order valence-corrected chi connectivity index (χ4v) is 7.06. The quantitative estimate of drug-likeness (QED) is 0.229. The van der Waals surface area contributed by atoms with Gasteiger partial charge in [0, 0.05) is 55.3 Å². The summed E-state index contributed by atoms with van der Waals surface area (Å²) in [6.45, 7) is 4.68. The first-order valence-corrected chi connectivity index (χ1v) is 15.6. The molecule has 4 N–H and O–H groups in total. The molecule has 3 aliphatic rings. The second kappa shape index (κ2) is 12.0. The molecule has 0 unspecified atom stereocenters. The first-order valence-electron chi connectivity index (χ1n) is 15.6. The molecule has 46 heavy (non-hydrogen) atoms. The van der Waals surface area contributed by atoms with Gasteiger partial charge in [0.2, 0.25) is 5.91 Å². The first-order chi connectivity index (χ1) is 22.3. The van der Waals surface area contributed by atoms with Crippen LogP contribution in [0.1, 0.15) is 50.8 Å². The Kier molecular flexibility index (Phi) is 7.71. The number of carbonyl (C=O) groups excluding carboxylic acids is 2. The van der Waals surface area contributed by atoms with E-state index in [4.69, 9.17) is 20.2 Å². The van der Waals surface area contributed by atoms with Crippen LogP contribution in [-0.4, -0.2) is 58.9 Å². The third kappa shape index (κ3) is 5.59. The number of amides is 2. The smallest absolute Gasteiger partial charge is 0.254 e. The molecule has 1 aromatic carbocycles. The highest BCUT2D eigenvalue weighted by atomic mass is 16.5. The van der Waals surface area contributed by atoms with E-state index >= 15 is 0 Å². The fourth-order valence-electron chi connectivity index (χ4n) is 7.06. The Hall–Kier alpha value is -5.13. The number of hydrogen-bond donors (Lipinski definition) is 3. The highest BCUT2D eigenvalue weighted by molar-refractivity contribution is 5.94. The zero-order valence-electron chi connectivity index (χ0n) is 26.2. The van der Waals surface area contributed by atoms with Crippen LogP contribution in [0.3, 0.4) is 0 Å². The van der Waals surface area contributed by atoms with E-state index in [0.717, 1.165) is 77.0 Å². The molecule has 12 nitrogen and oxygen atoms in total. The Morgan fingerprint density at radius 1 is 1.07 bits per heavy atom. The summed E-state index contributed by atoms with van der Waals surface area (Å²) in [6.07, 6.45) is 6.76. The predicted molar refractivity (Wildman–Crippen MR) is 172 cm³/mol.